The molecular weight excluding hydrogens is 272 g/mol. The summed E-state index contributed by atoms with van der Waals surface area (Å²) in [7, 11) is 1.86. The number of benzene rings is 1. The Balaban J connectivity index is 1.92. The fourth-order valence-corrected chi connectivity index (χ4v) is 2.85. The summed E-state index contributed by atoms with van der Waals surface area (Å²) >= 11 is 1.53. The van der Waals surface area contributed by atoms with Crippen LogP contribution in [0, 0.1) is 13.8 Å². The van der Waals surface area contributed by atoms with Crippen molar-refractivity contribution in [3.63, 3.8) is 0 Å². The number of nitrogens with zero attached hydrogens (tertiary/aromatic N) is 3. The summed E-state index contributed by atoms with van der Waals surface area (Å²) in [6.07, 6.45) is 0. The second-order valence-corrected chi connectivity index (χ2v) is 5.54. The first-order valence-corrected chi connectivity index (χ1v) is 7.09. The molecule has 0 aliphatic heterocycles. The van der Waals surface area contributed by atoms with Crippen LogP contribution in [0.2, 0.25) is 0 Å². The number of aromatic nitrogens is 3. The Morgan fingerprint density at radius 2 is 2.15 bits per heavy atom. The van der Waals surface area contributed by atoms with Gasteiger partial charge >= 0.3 is 0 Å². The number of thiazole rings is 1. The molecule has 1 amide bonds. The smallest absolute Gasteiger partial charge is 0.255 e. The lowest BCUT2D eigenvalue weighted by atomic mass is 10.2. The summed E-state index contributed by atoms with van der Waals surface area (Å²) in [5.74, 6) is -0.125. The van der Waals surface area contributed by atoms with E-state index in [0.717, 1.165) is 27.3 Å². The number of aryl methyl sites for hydroxylation is 2. The van der Waals surface area contributed by atoms with Gasteiger partial charge in [0.1, 0.15) is 0 Å². The molecule has 1 aromatic carbocycles. The molecule has 0 atom stereocenters. The van der Waals surface area contributed by atoms with Gasteiger partial charge in [0.2, 0.25) is 0 Å². The van der Waals surface area contributed by atoms with E-state index in [9.17, 15) is 4.79 Å². The maximum atomic E-state index is 12.3. The molecule has 2 aromatic heterocycles. The van der Waals surface area contributed by atoms with E-state index in [4.69, 9.17) is 0 Å². The third-order valence-corrected chi connectivity index (χ3v) is 4.13. The number of hydrogen-bond donors (Lipinski definition) is 1. The van der Waals surface area contributed by atoms with Gasteiger partial charge in [0.05, 0.1) is 32.8 Å². The molecule has 102 valence electrons. The SMILES string of the molecule is Cc1nn(C)c(C)c1NC(=O)c1ccc2ncsc2c1. The quantitative estimate of drug-likeness (QED) is 0.788. The van der Waals surface area contributed by atoms with Gasteiger partial charge in [0.25, 0.3) is 5.91 Å². The summed E-state index contributed by atoms with van der Waals surface area (Å²) in [6.45, 7) is 3.82. The van der Waals surface area contributed by atoms with Crippen LogP contribution in [-0.2, 0) is 7.05 Å². The van der Waals surface area contributed by atoms with Gasteiger partial charge in [-0.15, -0.1) is 11.3 Å². The Bertz CT molecular complexity index is 803. The number of fused-ring (bicyclic) bond motifs is 1. The zero-order valence-electron chi connectivity index (χ0n) is 11.5. The highest BCUT2D eigenvalue weighted by molar-refractivity contribution is 7.16. The lowest BCUT2D eigenvalue weighted by Gasteiger charge is -2.05. The number of nitrogens with one attached hydrogen (secondary N) is 1. The van der Waals surface area contributed by atoms with E-state index in [1.54, 1.807) is 16.3 Å². The predicted molar refractivity (Wildman–Crippen MR) is 80.3 cm³/mol. The topological polar surface area (TPSA) is 59.8 Å². The first-order valence-electron chi connectivity index (χ1n) is 6.21. The molecule has 2 heterocycles. The summed E-state index contributed by atoms with van der Waals surface area (Å²) < 4.78 is 2.77. The first kappa shape index (κ1) is 12.8. The van der Waals surface area contributed by atoms with E-state index < -0.39 is 0 Å². The summed E-state index contributed by atoms with van der Waals surface area (Å²) in [5.41, 5.74) is 5.86. The van der Waals surface area contributed by atoms with Gasteiger partial charge < -0.3 is 5.32 Å². The molecule has 3 aromatic rings. The molecule has 0 saturated carbocycles. The van der Waals surface area contributed by atoms with E-state index in [2.05, 4.69) is 15.4 Å². The van der Waals surface area contributed by atoms with Crippen LogP contribution in [0.4, 0.5) is 5.69 Å². The Morgan fingerprint density at radius 3 is 2.85 bits per heavy atom. The summed E-state index contributed by atoms with van der Waals surface area (Å²) in [6, 6.07) is 5.52. The number of carbonyl (C=O) groups is 1. The van der Waals surface area contributed by atoms with E-state index in [0.29, 0.717) is 5.56 Å². The normalized spacial score (nSPS) is 10.9. The van der Waals surface area contributed by atoms with Crippen molar-refractivity contribution in [3.05, 3.63) is 40.7 Å². The van der Waals surface area contributed by atoms with Crippen molar-refractivity contribution in [2.45, 2.75) is 13.8 Å². The minimum Gasteiger partial charge on any atom is -0.319 e. The Morgan fingerprint density at radius 1 is 1.35 bits per heavy atom. The number of hydrogen-bond acceptors (Lipinski definition) is 4. The lowest BCUT2D eigenvalue weighted by Crippen LogP contribution is -2.13. The minimum absolute atomic E-state index is 0.125. The molecule has 0 fully saturated rings. The minimum atomic E-state index is -0.125. The van der Waals surface area contributed by atoms with Crippen molar-refractivity contribution in [1.29, 1.82) is 0 Å². The van der Waals surface area contributed by atoms with Crippen molar-refractivity contribution in [2.24, 2.45) is 7.05 Å². The molecule has 1 N–H and O–H groups in total. The Hall–Kier alpha value is -2.21. The van der Waals surface area contributed by atoms with E-state index in [-0.39, 0.29) is 5.91 Å². The van der Waals surface area contributed by atoms with Gasteiger partial charge in [-0.1, -0.05) is 0 Å². The monoisotopic (exact) mass is 286 g/mol. The zero-order chi connectivity index (χ0) is 14.3. The second kappa shape index (κ2) is 4.72. The van der Waals surface area contributed by atoms with Crippen LogP contribution in [-0.4, -0.2) is 20.7 Å². The number of rotatable bonds is 2. The van der Waals surface area contributed by atoms with Gasteiger partial charge in [-0.3, -0.25) is 9.48 Å². The third kappa shape index (κ3) is 2.08. The van der Waals surface area contributed by atoms with Crippen molar-refractivity contribution in [1.82, 2.24) is 14.8 Å². The molecule has 0 bridgehead atoms. The molecular formula is C14H14N4OS. The molecule has 0 spiro atoms. The molecule has 20 heavy (non-hydrogen) atoms. The van der Waals surface area contributed by atoms with Crippen LogP contribution in [0.1, 0.15) is 21.7 Å². The molecule has 0 radical (unpaired) electrons. The largest absolute Gasteiger partial charge is 0.319 e. The van der Waals surface area contributed by atoms with Gasteiger partial charge in [0, 0.05) is 12.6 Å². The van der Waals surface area contributed by atoms with Crippen molar-refractivity contribution in [2.75, 3.05) is 5.32 Å². The van der Waals surface area contributed by atoms with Gasteiger partial charge in [0.15, 0.2) is 0 Å². The predicted octanol–water partition coefficient (Wildman–Crippen LogP) is 2.90. The van der Waals surface area contributed by atoms with Crippen molar-refractivity contribution >= 4 is 33.1 Å². The van der Waals surface area contributed by atoms with Crippen LogP contribution in [0.25, 0.3) is 10.2 Å². The molecule has 0 aliphatic carbocycles. The van der Waals surface area contributed by atoms with Gasteiger partial charge in [-0.05, 0) is 32.0 Å². The molecule has 5 nitrogen and oxygen atoms in total. The van der Waals surface area contributed by atoms with Crippen molar-refractivity contribution < 1.29 is 4.79 Å². The van der Waals surface area contributed by atoms with Gasteiger partial charge in [-0.25, -0.2) is 4.98 Å². The average Bonchev–Trinajstić information content (AvgIpc) is 2.98. The highest BCUT2D eigenvalue weighted by atomic mass is 32.1. The molecule has 0 aliphatic rings. The second-order valence-electron chi connectivity index (χ2n) is 4.66. The summed E-state index contributed by atoms with van der Waals surface area (Å²) in [5, 5.41) is 7.23. The fraction of sp³-hybridized carbons (Fsp3) is 0.214. The average molecular weight is 286 g/mol. The highest BCUT2D eigenvalue weighted by Gasteiger charge is 2.14. The zero-order valence-corrected chi connectivity index (χ0v) is 12.3. The van der Waals surface area contributed by atoms with E-state index in [1.165, 1.54) is 11.3 Å². The molecule has 6 heteroatoms. The van der Waals surface area contributed by atoms with Gasteiger partial charge in [-0.2, -0.15) is 5.10 Å². The molecule has 0 unspecified atom stereocenters. The van der Waals surface area contributed by atoms with Crippen molar-refractivity contribution in [3.8, 4) is 0 Å². The maximum absolute atomic E-state index is 12.3. The third-order valence-electron chi connectivity index (χ3n) is 3.34. The first-order chi connectivity index (χ1) is 9.56. The Labute approximate surface area is 120 Å². The van der Waals surface area contributed by atoms with Crippen LogP contribution in [0.5, 0.6) is 0 Å². The Kier molecular flexibility index (Phi) is 3.02. The van der Waals surface area contributed by atoms with Crippen LogP contribution >= 0.6 is 11.3 Å². The maximum Gasteiger partial charge on any atom is 0.255 e. The number of anilines is 1. The molecule has 3 rings (SSSR count). The highest BCUT2D eigenvalue weighted by Crippen LogP contribution is 2.22. The molecule has 0 saturated heterocycles. The summed E-state index contributed by atoms with van der Waals surface area (Å²) in [4.78, 5) is 16.5. The van der Waals surface area contributed by atoms with Crippen LogP contribution < -0.4 is 5.32 Å². The van der Waals surface area contributed by atoms with Crippen LogP contribution in [0.15, 0.2) is 23.7 Å². The standard InChI is InChI=1S/C14H14N4OS/c1-8-13(9(2)18(3)17-8)16-14(19)10-4-5-11-12(6-10)20-7-15-11/h4-7H,1-3H3,(H,16,19). The van der Waals surface area contributed by atoms with E-state index in [1.807, 2.05) is 33.0 Å². The number of carbonyl (C=O) groups excluding carboxylic acids is 1. The fourth-order valence-electron chi connectivity index (χ4n) is 2.14. The van der Waals surface area contributed by atoms with E-state index >= 15 is 0 Å². The van der Waals surface area contributed by atoms with Crippen LogP contribution in [0.3, 0.4) is 0 Å². The lowest BCUT2D eigenvalue weighted by molar-refractivity contribution is 0.102. The number of amides is 1.